The Morgan fingerprint density at radius 1 is 1.57 bits per heavy atom. The van der Waals surface area contributed by atoms with Crippen molar-refractivity contribution in [1.82, 2.24) is 10.2 Å². The largest absolute Gasteiger partial charge is 0.356 e. The first-order valence-electron chi connectivity index (χ1n) is 5.70. The quantitative estimate of drug-likeness (QED) is 0.689. The van der Waals surface area contributed by atoms with E-state index < -0.39 is 0 Å². The van der Waals surface area contributed by atoms with E-state index in [-0.39, 0.29) is 11.8 Å². The van der Waals surface area contributed by atoms with Crippen molar-refractivity contribution in [3.8, 4) is 0 Å². The molecule has 1 aliphatic rings. The zero-order valence-electron chi connectivity index (χ0n) is 9.38. The molecule has 1 heterocycles. The minimum Gasteiger partial charge on any atom is -0.356 e. The summed E-state index contributed by atoms with van der Waals surface area (Å²) in [5, 5.41) is 3.01. The highest BCUT2D eigenvalue weighted by Gasteiger charge is 2.23. The fraction of sp³-hybridized carbons (Fsp3) is 0.909. The summed E-state index contributed by atoms with van der Waals surface area (Å²) in [5.41, 5.74) is 0. The Kier molecular flexibility index (Phi) is 4.94. The number of likely N-dealkylation sites (tertiary alicyclic amines) is 1. The summed E-state index contributed by atoms with van der Waals surface area (Å²) >= 11 is 0. The van der Waals surface area contributed by atoms with Gasteiger partial charge >= 0.3 is 0 Å². The van der Waals surface area contributed by atoms with Gasteiger partial charge in [0.25, 0.3) is 0 Å². The molecule has 1 aliphatic heterocycles. The monoisotopic (exact) mass is 198 g/mol. The van der Waals surface area contributed by atoms with Gasteiger partial charge in [-0.25, -0.2) is 0 Å². The zero-order chi connectivity index (χ0) is 10.4. The van der Waals surface area contributed by atoms with Crippen molar-refractivity contribution in [3.05, 3.63) is 0 Å². The Morgan fingerprint density at radius 3 is 3.00 bits per heavy atom. The van der Waals surface area contributed by atoms with E-state index >= 15 is 0 Å². The van der Waals surface area contributed by atoms with Gasteiger partial charge in [0.1, 0.15) is 0 Å². The maximum absolute atomic E-state index is 11.7. The van der Waals surface area contributed by atoms with Gasteiger partial charge in [0, 0.05) is 13.1 Å². The predicted octanol–water partition coefficient (Wildman–Crippen LogP) is 1.24. The van der Waals surface area contributed by atoms with Gasteiger partial charge in [0.05, 0.1) is 5.92 Å². The van der Waals surface area contributed by atoms with Crippen LogP contribution >= 0.6 is 0 Å². The van der Waals surface area contributed by atoms with Gasteiger partial charge in [-0.3, -0.25) is 4.79 Å². The fourth-order valence-electron chi connectivity index (χ4n) is 1.91. The van der Waals surface area contributed by atoms with Crippen molar-refractivity contribution in [2.45, 2.75) is 32.6 Å². The van der Waals surface area contributed by atoms with Crippen molar-refractivity contribution >= 4 is 5.91 Å². The van der Waals surface area contributed by atoms with E-state index in [1.165, 1.54) is 0 Å². The van der Waals surface area contributed by atoms with Crippen LogP contribution in [0.4, 0.5) is 0 Å². The summed E-state index contributed by atoms with van der Waals surface area (Å²) in [6.07, 6.45) is 4.45. The highest BCUT2D eigenvalue weighted by atomic mass is 16.1. The van der Waals surface area contributed by atoms with Crippen molar-refractivity contribution in [1.29, 1.82) is 0 Å². The molecule has 1 saturated heterocycles. The Hall–Kier alpha value is -0.570. The summed E-state index contributed by atoms with van der Waals surface area (Å²) in [6, 6.07) is 0. The molecule has 3 nitrogen and oxygen atoms in total. The molecule has 1 atom stereocenters. The molecule has 1 N–H and O–H groups in total. The average Bonchev–Trinajstić information content (AvgIpc) is 2.18. The van der Waals surface area contributed by atoms with Crippen LogP contribution in [0.25, 0.3) is 0 Å². The van der Waals surface area contributed by atoms with E-state index in [1.54, 1.807) is 0 Å². The van der Waals surface area contributed by atoms with E-state index in [4.69, 9.17) is 0 Å². The molecule has 14 heavy (non-hydrogen) atoms. The van der Waals surface area contributed by atoms with E-state index in [9.17, 15) is 4.79 Å². The molecule has 1 fully saturated rings. The first-order chi connectivity index (χ1) is 6.74. The number of nitrogens with zero attached hydrogens (tertiary/aromatic N) is 1. The lowest BCUT2D eigenvalue weighted by Crippen LogP contribution is -2.41. The third-order valence-corrected chi connectivity index (χ3v) is 2.82. The maximum atomic E-state index is 11.7. The molecule has 3 heteroatoms. The maximum Gasteiger partial charge on any atom is 0.224 e. The number of hydrogen-bond acceptors (Lipinski definition) is 2. The van der Waals surface area contributed by atoms with E-state index in [1.807, 2.05) is 0 Å². The highest BCUT2D eigenvalue weighted by molar-refractivity contribution is 5.78. The molecule has 82 valence electrons. The van der Waals surface area contributed by atoms with Gasteiger partial charge in [0.15, 0.2) is 0 Å². The van der Waals surface area contributed by atoms with Crippen LogP contribution in [0, 0.1) is 5.92 Å². The molecule has 0 unspecified atom stereocenters. The number of carbonyl (C=O) groups excluding carboxylic acids is 1. The number of nitrogens with one attached hydrogen (secondary N) is 1. The number of carbonyl (C=O) groups is 1. The van der Waals surface area contributed by atoms with Gasteiger partial charge < -0.3 is 10.2 Å². The zero-order valence-corrected chi connectivity index (χ0v) is 9.38. The molecule has 0 aromatic carbocycles. The molecule has 0 bridgehead atoms. The standard InChI is InChI=1S/C11H22N2O/c1-3-4-7-12-11(14)10-6-5-8-13(2)9-10/h10H,3-9H2,1-2H3,(H,12,14)/t10-/m1/s1. The Morgan fingerprint density at radius 2 is 2.36 bits per heavy atom. The Balaban J connectivity index is 2.22. The van der Waals surface area contributed by atoms with Crippen molar-refractivity contribution in [3.63, 3.8) is 0 Å². The number of amides is 1. The van der Waals surface area contributed by atoms with Gasteiger partial charge in [0.2, 0.25) is 5.91 Å². The van der Waals surface area contributed by atoms with Gasteiger partial charge in [-0.05, 0) is 32.9 Å². The molecule has 1 rings (SSSR count). The number of rotatable bonds is 4. The second kappa shape index (κ2) is 6.02. The molecule has 1 amide bonds. The summed E-state index contributed by atoms with van der Waals surface area (Å²) in [7, 11) is 2.09. The summed E-state index contributed by atoms with van der Waals surface area (Å²) in [4.78, 5) is 13.9. The van der Waals surface area contributed by atoms with Crippen LogP contribution in [0.3, 0.4) is 0 Å². The summed E-state index contributed by atoms with van der Waals surface area (Å²) in [5.74, 6) is 0.482. The van der Waals surface area contributed by atoms with Crippen LogP contribution in [0.15, 0.2) is 0 Å². The molecular weight excluding hydrogens is 176 g/mol. The predicted molar refractivity (Wildman–Crippen MR) is 58.1 cm³/mol. The molecule has 0 spiro atoms. The van der Waals surface area contributed by atoms with Crippen molar-refractivity contribution in [2.24, 2.45) is 5.92 Å². The smallest absolute Gasteiger partial charge is 0.224 e. The lowest BCUT2D eigenvalue weighted by Gasteiger charge is -2.28. The molecular formula is C11H22N2O. The first kappa shape index (κ1) is 11.5. The van der Waals surface area contributed by atoms with E-state index in [2.05, 4.69) is 24.2 Å². The molecule has 0 radical (unpaired) electrons. The van der Waals surface area contributed by atoms with E-state index in [0.29, 0.717) is 0 Å². The second-order valence-corrected chi connectivity index (χ2v) is 4.25. The minimum absolute atomic E-state index is 0.227. The van der Waals surface area contributed by atoms with Crippen molar-refractivity contribution in [2.75, 3.05) is 26.7 Å². The first-order valence-corrected chi connectivity index (χ1v) is 5.70. The average molecular weight is 198 g/mol. The highest BCUT2D eigenvalue weighted by Crippen LogP contribution is 2.14. The van der Waals surface area contributed by atoms with Crippen molar-refractivity contribution < 1.29 is 4.79 Å². The van der Waals surface area contributed by atoms with Crippen LogP contribution < -0.4 is 5.32 Å². The lowest BCUT2D eigenvalue weighted by molar-refractivity contribution is -0.126. The Labute approximate surface area is 86.9 Å². The topological polar surface area (TPSA) is 32.3 Å². The number of unbranched alkanes of at least 4 members (excludes halogenated alkanes) is 1. The Bertz CT molecular complexity index is 182. The second-order valence-electron chi connectivity index (χ2n) is 4.25. The summed E-state index contributed by atoms with van der Waals surface area (Å²) < 4.78 is 0. The van der Waals surface area contributed by atoms with E-state index in [0.717, 1.165) is 45.3 Å². The third kappa shape index (κ3) is 3.66. The van der Waals surface area contributed by atoms with Crippen LogP contribution in [0.5, 0.6) is 0 Å². The van der Waals surface area contributed by atoms with Crippen LogP contribution in [0.2, 0.25) is 0 Å². The van der Waals surface area contributed by atoms with Crippen LogP contribution in [-0.4, -0.2) is 37.5 Å². The van der Waals surface area contributed by atoms with Gasteiger partial charge in [-0.2, -0.15) is 0 Å². The SMILES string of the molecule is CCCCNC(=O)[C@@H]1CCCN(C)C1. The molecule has 0 aromatic heterocycles. The lowest BCUT2D eigenvalue weighted by atomic mass is 9.97. The summed E-state index contributed by atoms with van der Waals surface area (Å²) in [6.45, 7) is 5.05. The van der Waals surface area contributed by atoms with Gasteiger partial charge in [-0.15, -0.1) is 0 Å². The molecule has 0 aromatic rings. The molecule has 0 aliphatic carbocycles. The third-order valence-electron chi connectivity index (χ3n) is 2.82. The molecule has 0 saturated carbocycles. The van der Waals surface area contributed by atoms with Crippen LogP contribution in [0.1, 0.15) is 32.6 Å². The normalized spacial score (nSPS) is 23.4. The minimum atomic E-state index is 0.227. The van der Waals surface area contributed by atoms with Crippen LogP contribution in [-0.2, 0) is 4.79 Å². The number of hydrogen-bond donors (Lipinski definition) is 1. The van der Waals surface area contributed by atoms with Gasteiger partial charge in [-0.1, -0.05) is 13.3 Å². The number of piperidine rings is 1. The fourth-order valence-corrected chi connectivity index (χ4v) is 1.91.